The van der Waals surface area contributed by atoms with E-state index in [0.717, 1.165) is 11.1 Å². The van der Waals surface area contributed by atoms with E-state index in [1.807, 2.05) is 60.7 Å². The van der Waals surface area contributed by atoms with Crippen molar-refractivity contribution in [2.45, 2.75) is 4.93 Å². The minimum absolute atomic E-state index is 0.313. The molecule has 0 saturated heterocycles. The van der Waals surface area contributed by atoms with Gasteiger partial charge in [-0.15, -0.1) is 0 Å². The molecule has 0 aromatic heterocycles. The number of hydrogen-bond acceptors (Lipinski definition) is 3. The summed E-state index contributed by atoms with van der Waals surface area (Å²) in [4.78, 5) is 10.9. The molecule has 2 aromatic rings. The number of hydrogen-bond donors (Lipinski definition) is 0. The molecule has 1 heterocycles. The molecular weight excluding hydrogens is 256 g/mol. The number of cyclic esters (lactones) is 1. The van der Waals surface area contributed by atoms with Crippen molar-refractivity contribution in [2.75, 3.05) is 0 Å². The Kier molecular flexibility index (Phi) is 3.13. The summed E-state index contributed by atoms with van der Waals surface area (Å²) in [5, 5.41) is 1.80. The SMILES string of the molecule is O=C1C=CSC(c2ccccc2)(c2ccccc2)O1. The van der Waals surface area contributed by atoms with Crippen molar-refractivity contribution >= 4 is 17.7 Å². The first kappa shape index (κ1) is 12.1. The zero-order chi connectivity index (χ0) is 13.1. The molecule has 0 radical (unpaired) electrons. The van der Waals surface area contributed by atoms with E-state index in [4.69, 9.17) is 4.74 Å². The average Bonchev–Trinajstić information content (AvgIpc) is 2.49. The van der Waals surface area contributed by atoms with Crippen molar-refractivity contribution in [1.29, 1.82) is 0 Å². The average molecular weight is 268 g/mol. The monoisotopic (exact) mass is 268 g/mol. The van der Waals surface area contributed by atoms with Crippen LogP contribution in [0.4, 0.5) is 0 Å². The second-order valence-corrected chi connectivity index (χ2v) is 5.27. The summed E-state index contributed by atoms with van der Waals surface area (Å²) < 4.78 is 5.68. The third-order valence-corrected chi connectivity index (χ3v) is 4.15. The van der Waals surface area contributed by atoms with Crippen molar-refractivity contribution in [3.8, 4) is 0 Å². The van der Waals surface area contributed by atoms with Crippen molar-refractivity contribution in [3.05, 3.63) is 83.3 Å². The predicted molar refractivity (Wildman–Crippen MR) is 76.5 cm³/mol. The molecule has 0 fully saturated rings. The van der Waals surface area contributed by atoms with Gasteiger partial charge in [-0.25, -0.2) is 4.79 Å². The Balaban J connectivity index is 2.17. The minimum atomic E-state index is -0.783. The largest absolute Gasteiger partial charge is 0.435 e. The van der Waals surface area contributed by atoms with Crippen LogP contribution < -0.4 is 0 Å². The van der Waals surface area contributed by atoms with Gasteiger partial charge in [0.2, 0.25) is 4.93 Å². The lowest BCUT2D eigenvalue weighted by molar-refractivity contribution is -0.144. The fraction of sp³-hybridized carbons (Fsp3) is 0.0625. The van der Waals surface area contributed by atoms with Crippen LogP contribution >= 0.6 is 11.8 Å². The van der Waals surface area contributed by atoms with Gasteiger partial charge in [0.05, 0.1) is 0 Å². The lowest BCUT2D eigenvalue weighted by Gasteiger charge is -2.34. The molecule has 0 saturated carbocycles. The summed E-state index contributed by atoms with van der Waals surface area (Å²) >= 11 is 1.50. The van der Waals surface area contributed by atoms with E-state index >= 15 is 0 Å². The van der Waals surface area contributed by atoms with Crippen molar-refractivity contribution < 1.29 is 9.53 Å². The summed E-state index contributed by atoms with van der Waals surface area (Å²) in [5.74, 6) is -0.313. The second-order valence-electron chi connectivity index (χ2n) is 4.19. The number of rotatable bonds is 2. The highest BCUT2D eigenvalue weighted by atomic mass is 32.2. The van der Waals surface area contributed by atoms with Crippen LogP contribution in [-0.2, 0) is 14.5 Å². The van der Waals surface area contributed by atoms with E-state index in [1.54, 1.807) is 5.41 Å². The molecule has 0 spiro atoms. The molecular formula is C16H12O2S. The van der Waals surface area contributed by atoms with E-state index in [9.17, 15) is 4.79 Å². The van der Waals surface area contributed by atoms with Gasteiger partial charge in [0, 0.05) is 17.2 Å². The highest BCUT2D eigenvalue weighted by Crippen LogP contribution is 2.46. The van der Waals surface area contributed by atoms with Crippen LogP contribution in [0.5, 0.6) is 0 Å². The van der Waals surface area contributed by atoms with E-state index in [1.165, 1.54) is 17.8 Å². The van der Waals surface area contributed by atoms with E-state index in [0.29, 0.717) is 0 Å². The lowest BCUT2D eigenvalue weighted by atomic mass is 10.0. The van der Waals surface area contributed by atoms with Gasteiger partial charge in [-0.2, -0.15) is 0 Å². The second kappa shape index (κ2) is 4.94. The molecule has 0 aliphatic carbocycles. The van der Waals surface area contributed by atoms with E-state index in [-0.39, 0.29) is 5.97 Å². The molecule has 0 N–H and O–H groups in total. The fourth-order valence-corrected chi connectivity index (χ4v) is 3.17. The first-order valence-electron chi connectivity index (χ1n) is 6.00. The Labute approximate surface area is 116 Å². The Morgan fingerprint density at radius 1 is 0.842 bits per heavy atom. The van der Waals surface area contributed by atoms with Crippen LogP contribution in [0.1, 0.15) is 11.1 Å². The Morgan fingerprint density at radius 2 is 1.37 bits per heavy atom. The normalized spacial score (nSPS) is 16.9. The number of carbonyl (C=O) groups is 1. The van der Waals surface area contributed by atoms with Gasteiger partial charge < -0.3 is 4.74 Å². The first-order chi connectivity index (χ1) is 9.31. The predicted octanol–water partition coefficient (Wildman–Crippen LogP) is 3.69. The fourth-order valence-electron chi connectivity index (χ4n) is 2.12. The molecule has 0 amide bonds. The van der Waals surface area contributed by atoms with Crippen molar-refractivity contribution in [1.82, 2.24) is 0 Å². The maximum Gasteiger partial charge on any atom is 0.333 e. The van der Waals surface area contributed by atoms with Gasteiger partial charge in [-0.1, -0.05) is 72.4 Å². The van der Waals surface area contributed by atoms with Gasteiger partial charge in [0.25, 0.3) is 0 Å². The van der Waals surface area contributed by atoms with Gasteiger partial charge in [0.15, 0.2) is 0 Å². The third-order valence-electron chi connectivity index (χ3n) is 2.99. The van der Waals surface area contributed by atoms with Gasteiger partial charge in [-0.05, 0) is 5.41 Å². The highest BCUT2D eigenvalue weighted by Gasteiger charge is 2.40. The number of benzene rings is 2. The van der Waals surface area contributed by atoms with E-state index in [2.05, 4.69) is 0 Å². The summed E-state index contributed by atoms with van der Waals surface area (Å²) in [6.07, 6.45) is 1.45. The van der Waals surface area contributed by atoms with Gasteiger partial charge in [-0.3, -0.25) is 0 Å². The van der Waals surface area contributed by atoms with Crippen molar-refractivity contribution in [2.24, 2.45) is 0 Å². The molecule has 3 heteroatoms. The van der Waals surface area contributed by atoms with Gasteiger partial charge in [0.1, 0.15) is 0 Å². The van der Waals surface area contributed by atoms with Crippen LogP contribution in [0.15, 0.2) is 72.1 Å². The summed E-state index contributed by atoms with van der Waals surface area (Å²) in [5.41, 5.74) is 1.92. The molecule has 0 unspecified atom stereocenters. The lowest BCUT2D eigenvalue weighted by Crippen LogP contribution is -2.31. The van der Waals surface area contributed by atoms with Gasteiger partial charge >= 0.3 is 5.97 Å². The topological polar surface area (TPSA) is 26.3 Å². The molecule has 94 valence electrons. The number of thioether (sulfide) groups is 1. The summed E-state index contributed by atoms with van der Waals surface area (Å²) in [6.45, 7) is 0. The molecule has 1 aliphatic rings. The maximum atomic E-state index is 11.7. The molecule has 3 rings (SSSR count). The molecule has 19 heavy (non-hydrogen) atoms. The standard InChI is InChI=1S/C16H12O2S/c17-15-11-12-19-16(18-15,13-7-3-1-4-8-13)14-9-5-2-6-10-14/h1-12H. The Morgan fingerprint density at radius 3 is 1.84 bits per heavy atom. The van der Waals surface area contributed by atoms with Crippen LogP contribution in [0.2, 0.25) is 0 Å². The van der Waals surface area contributed by atoms with Crippen LogP contribution in [-0.4, -0.2) is 5.97 Å². The Bertz CT molecular complexity index is 566. The zero-order valence-electron chi connectivity index (χ0n) is 10.2. The molecule has 2 nitrogen and oxygen atoms in total. The summed E-state index contributed by atoms with van der Waals surface area (Å²) in [6, 6.07) is 19.6. The molecule has 0 bridgehead atoms. The molecule has 2 aromatic carbocycles. The van der Waals surface area contributed by atoms with E-state index < -0.39 is 4.93 Å². The third kappa shape index (κ3) is 2.17. The maximum absolute atomic E-state index is 11.7. The minimum Gasteiger partial charge on any atom is -0.435 e. The molecule has 0 atom stereocenters. The quantitative estimate of drug-likeness (QED) is 0.777. The number of carbonyl (C=O) groups excluding carboxylic acids is 1. The highest BCUT2D eigenvalue weighted by molar-refractivity contribution is 8.03. The summed E-state index contributed by atoms with van der Waals surface area (Å²) in [7, 11) is 0. The number of esters is 1. The molecule has 1 aliphatic heterocycles. The van der Waals surface area contributed by atoms with Crippen LogP contribution in [0.25, 0.3) is 0 Å². The van der Waals surface area contributed by atoms with Crippen LogP contribution in [0.3, 0.4) is 0 Å². The van der Waals surface area contributed by atoms with Crippen molar-refractivity contribution in [3.63, 3.8) is 0 Å². The smallest absolute Gasteiger partial charge is 0.333 e. The Hall–Kier alpha value is -2.00. The van der Waals surface area contributed by atoms with Crippen LogP contribution in [0, 0.1) is 0 Å². The first-order valence-corrected chi connectivity index (χ1v) is 6.88. The zero-order valence-corrected chi connectivity index (χ0v) is 11.0. The number of ether oxygens (including phenoxy) is 1.